The number of halogens is 1. The van der Waals surface area contributed by atoms with Crippen molar-refractivity contribution in [3.8, 4) is 0 Å². The van der Waals surface area contributed by atoms with Crippen LogP contribution in [0.4, 0.5) is 4.79 Å². The van der Waals surface area contributed by atoms with E-state index in [0.29, 0.717) is 15.5 Å². The summed E-state index contributed by atoms with van der Waals surface area (Å²) >= 11 is 3.36. The highest BCUT2D eigenvalue weighted by Crippen LogP contribution is 2.26. The lowest BCUT2D eigenvalue weighted by molar-refractivity contribution is 0.0539. The van der Waals surface area contributed by atoms with Gasteiger partial charge in [-0.1, -0.05) is 0 Å². The van der Waals surface area contributed by atoms with Crippen LogP contribution in [0.2, 0.25) is 0 Å². The number of ether oxygens (including phenoxy) is 2. The zero-order valence-corrected chi connectivity index (χ0v) is 13.7. The first-order valence-electron chi connectivity index (χ1n) is 6.22. The van der Waals surface area contributed by atoms with E-state index in [4.69, 9.17) is 4.74 Å². The molecule has 2 aromatic heterocycles. The molecule has 0 saturated carbocycles. The van der Waals surface area contributed by atoms with Crippen LogP contribution in [0.15, 0.2) is 22.8 Å². The van der Waals surface area contributed by atoms with E-state index in [0.717, 1.165) is 0 Å². The van der Waals surface area contributed by atoms with Crippen molar-refractivity contribution < 1.29 is 19.1 Å². The van der Waals surface area contributed by atoms with Crippen LogP contribution in [0.1, 0.15) is 31.3 Å². The number of nitrogens with zero attached hydrogens (tertiary/aromatic N) is 2. The third kappa shape index (κ3) is 3.24. The molecule has 2 aromatic rings. The highest BCUT2D eigenvalue weighted by Gasteiger charge is 2.22. The summed E-state index contributed by atoms with van der Waals surface area (Å²) in [4.78, 5) is 27.9. The molecule has 0 aliphatic carbocycles. The van der Waals surface area contributed by atoms with Crippen molar-refractivity contribution >= 4 is 39.0 Å². The Hall–Kier alpha value is -1.89. The summed E-state index contributed by atoms with van der Waals surface area (Å²) in [5, 5.41) is 0.702. The lowest BCUT2D eigenvalue weighted by Gasteiger charge is -2.19. The topological polar surface area (TPSA) is 70.4 Å². The van der Waals surface area contributed by atoms with Crippen LogP contribution in [0, 0.1) is 0 Å². The van der Waals surface area contributed by atoms with Crippen molar-refractivity contribution in [1.82, 2.24) is 9.55 Å². The summed E-state index contributed by atoms with van der Waals surface area (Å²) in [5.74, 6) is -0.565. The first-order valence-corrected chi connectivity index (χ1v) is 7.01. The standard InChI is InChI=1S/C14H15BrN2O4/c1-14(2,3)21-13(19)17-7-9(15)8-5-6-10(12(18)20-4)16-11(8)17/h5-7H,1-4H3. The normalized spacial score (nSPS) is 11.5. The molecule has 2 heterocycles. The van der Waals surface area contributed by atoms with Crippen LogP contribution in [0.5, 0.6) is 0 Å². The van der Waals surface area contributed by atoms with Crippen LogP contribution in [0.25, 0.3) is 11.0 Å². The average molecular weight is 355 g/mol. The van der Waals surface area contributed by atoms with Crippen molar-refractivity contribution in [2.24, 2.45) is 0 Å². The van der Waals surface area contributed by atoms with E-state index >= 15 is 0 Å². The monoisotopic (exact) mass is 354 g/mol. The van der Waals surface area contributed by atoms with Gasteiger partial charge in [-0.15, -0.1) is 0 Å². The largest absolute Gasteiger partial charge is 0.464 e. The van der Waals surface area contributed by atoms with Gasteiger partial charge >= 0.3 is 12.1 Å². The van der Waals surface area contributed by atoms with Crippen LogP contribution in [-0.4, -0.2) is 34.3 Å². The van der Waals surface area contributed by atoms with Gasteiger partial charge in [0.05, 0.1) is 7.11 Å². The average Bonchev–Trinajstić information content (AvgIpc) is 2.73. The number of pyridine rings is 1. The lowest BCUT2D eigenvalue weighted by Crippen LogP contribution is -2.27. The van der Waals surface area contributed by atoms with Gasteiger partial charge in [0.25, 0.3) is 0 Å². The fourth-order valence-corrected chi connectivity index (χ4v) is 2.25. The maximum Gasteiger partial charge on any atom is 0.420 e. The molecule has 0 radical (unpaired) electrons. The summed E-state index contributed by atoms with van der Waals surface area (Å²) in [6.07, 6.45) is 1.00. The van der Waals surface area contributed by atoms with Gasteiger partial charge in [0.2, 0.25) is 0 Å². The zero-order chi connectivity index (χ0) is 15.8. The van der Waals surface area contributed by atoms with Gasteiger partial charge in [-0.05, 0) is 48.8 Å². The van der Waals surface area contributed by atoms with E-state index in [9.17, 15) is 9.59 Å². The minimum absolute atomic E-state index is 0.125. The summed E-state index contributed by atoms with van der Waals surface area (Å²) in [5.41, 5.74) is -0.167. The first kappa shape index (κ1) is 15.5. The van der Waals surface area contributed by atoms with Crippen molar-refractivity contribution in [3.05, 3.63) is 28.5 Å². The Morgan fingerprint density at radius 1 is 1.29 bits per heavy atom. The highest BCUT2D eigenvalue weighted by molar-refractivity contribution is 9.10. The lowest BCUT2D eigenvalue weighted by atomic mass is 10.2. The second kappa shape index (κ2) is 5.48. The number of rotatable bonds is 1. The SMILES string of the molecule is COC(=O)c1ccc2c(Br)cn(C(=O)OC(C)(C)C)c2n1. The van der Waals surface area contributed by atoms with Crippen molar-refractivity contribution in [2.75, 3.05) is 7.11 Å². The summed E-state index contributed by atoms with van der Waals surface area (Å²) in [6, 6.07) is 3.23. The maximum atomic E-state index is 12.2. The van der Waals surface area contributed by atoms with Gasteiger partial charge in [0, 0.05) is 16.1 Å². The molecular weight excluding hydrogens is 340 g/mol. The molecule has 21 heavy (non-hydrogen) atoms. The second-order valence-corrected chi connectivity index (χ2v) is 6.24. The van der Waals surface area contributed by atoms with Crippen molar-refractivity contribution in [2.45, 2.75) is 26.4 Å². The predicted octanol–water partition coefficient (Wildman–Crippen LogP) is 3.37. The Balaban J connectivity index is 2.53. The molecule has 6 nitrogen and oxygen atoms in total. The number of fused-ring (bicyclic) bond motifs is 1. The molecule has 0 N–H and O–H groups in total. The molecule has 0 aliphatic heterocycles. The van der Waals surface area contributed by atoms with Gasteiger partial charge in [-0.2, -0.15) is 0 Å². The van der Waals surface area contributed by atoms with E-state index in [1.165, 1.54) is 11.7 Å². The number of hydrogen-bond donors (Lipinski definition) is 0. The minimum Gasteiger partial charge on any atom is -0.464 e. The highest BCUT2D eigenvalue weighted by atomic mass is 79.9. The predicted molar refractivity (Wildman–Crippen MR) is 80.4 cm³/mol. The third-order valence-electron chi connectivity index (χ3n) is 2.59. The molecule has 0 unspecified atom stereocenters. The van der Waals surface area contributed by atoms with E-state index in [1.54, 1.807) is 39.1 Å². The van der Waals surface area contributed by atoms with Gasteiger partial charge in [0.1, 0.15) is 5.60 Å². The minimum atomic E-state index is -0.625. The molecule has 112 valence electrons. The van der Waals surface area contributed by atoms with Crippen LogP contribution >= 0.6 is 15.9 Å². The second-order valence-electron chi connectivity index (χ2n) is 5.39. The van der Waals surface area contributed by atoms with Crippen LogP contribution in [-0.2, 0) is 9.47 Å². The molecule has 0 saturated heterocycles. The Kier molecular flexibility index (Phi) is 4.04. The Bertz CT molecular complexity index is 716. The Morgan fingerprint density at radius 3 is 2.52 bits per heavy atom. The number of hydrogen-bond acceptors (Lipinski definition) is 5. The van der Waals surface area contributed by atoms with Crippen LogP contribution in [0.3, 0.4) is 0 Å². The number of aromatic nitrogens is 2. The molecule has 0 amide bonds. The Labute approximate surface area is 130 Å². The Morgan fingerprint density at radius 2 is 1.95 bits per heavy atom. The summed E-state index contributed by atoms with van der Waals surface area (Å²) < 4.78 is 11.9. The summed E-state index contributed by atoms with van der Waals surface area (Å²) in [7, 11) is 1.27. The first-order chi connectivity index (χ1) is 9.73. The molecule has 0 bridgehead atoms. The van der Waals surface area contributed by atoms with Gasteiger partial charge < -0.3 is 9.47 Å². The number of methoxy groups -OCH3 is 1. The van der Waals surface area contributed by atoms with Gasteiger partial charge in [0.15, 0.2) is 11.3 Å². The molecule has 0 spiro atoms. The molecule has 0 aliphatic rings. The van der Waals surface area contributed by atoms with Crippen molar-refractivity contribution in [3.63, 3.8) is 0 Å². The fourth-order valence-electron chi connectivity index (χ4n) is 1.73. The van der Waals surface area contributed by atoms with Crippen LogP contribution < -0.4 is 0 Å². The molecule has 0 atom stereocenters. The van der Waals surface area contributed by atoms with Gasteiger partial charge in [-0.3, -0.25) is 0 Å². The number of carbonyl (C=O) groups excluding carboxylic acids is 2. The van der Waals surface area contributed by atoms with E-state index in [2.05, 4.69) is 25.7 Å². The molecule has 0 aromatic carbocycles. The fraction of sp³-hybridized carbons (Fsp3) is 0.357. The molecule has 7 heteroatoms. The quantitative estimate of drug-likeness (QED) is 0.734. The van der Waals surface area contributed by atoms with E-state index < -0.39 is 17.7 Å². The van der Waals surface area contributed by atoms with Gasteiger partial charge in [-0.25, -0.2) is 19.1 Å². The molecule has 2 rings (SSSR count). The third-order valence-corrected chi connectivity index (χ3v) is 3.22. The molecular formula is C14H15BrN2O4. The van der Waals surface area contributed by atoms with E-state index in [1.807, 2.05) is 0 Å². The van der Waals surface area contributed by atoms with E-state index in [-0.39, 0.29) is 5.69 Å². The number of esters is 1. The van der Waals surface area contributed by atoms with Crippen molar-refractivity contribution in [1.29, 1.82) is 0 Å². The number of carbonyl (C=O) groups is 2. The molecule has 0 fully saturated rings. The smallest absolute Gasteiger partial charge is 0.420 e. The maximum absolute atomic E-state index is 12.2. The summed E-state index contributed by atoms with van der Waals surface area (Å²) in [6.45, 7) is 5.33. The zero-order valence-electron chi connectivity index (χ0n) is 12.1.